The number of hydrogen-bond donors (Lipinski definition) is 1. The van der Waals surface area contributed by atoms with Crippen LogP contribution in [0.4, 0.5) is 10.8 Å². The number of ether oxygens (including phenoxy) is 1. The van der Waals surface area contributed by atoms with Crippen LogP contribution in [0.5, 0.6) is 5.75 Å². The molecule has 8 heteroatoms. The summed E-state index contributed by atoms with van der Waals surface area (Å²) in [5.74, 6) is 0.511. The molecule has 7 nitrogen and oxygen atoms in total. The SMILES string of the molecule is CC(=O)N1CC(C(=O)Nc2nnc(CC(C)C)s2)Oc2ccccc21. The van der Waals surface area contributed by atoms with Gasteiger partial charge in [0.2, 0.25) is 11.0 Å². The lowest BCUT2D eigenvalue weighted by Crippen LogP contribution is -2.48. The fourth-order valence-corrected chi connectivity index (χ4v) is 3.55. The molecule has 3 rings (SSSR count). The summed E-state index contributed by atoms with van der Waals surface area (Å²) in [6.07, 6.45) is 0.0233. The molecule has 2 amide bonds. The summed E-state index contributed by atoms with van der Waals surface area (Å²) in [4.78, 5) is 26.0. The fourth-order valence-electron chi connectivity index (χ4n) is 2.59. The number of para-hydroxylation sites is 2. The number of nitrogens with one attached hydrogen (secondary N) is 1. The van der Waals surface area contributed by atoms with Crippen molar-refractivity contribution in [2.75, 3.05) is 16.8 Å². The summed E-state index contributed by atoms with van der Waals surface area (Å²) in [5, 5.41) is 12.1. The van der Waals surface area contributed by atoms with Crippen LogP contribution in [0.1, 0.15) is 25.8 Å². The first-order chi connectivity index (χ1) is 11.9. The van der Waals surface area contributed by atoms with Crippen LogP contribution < -0.4 is 15.0 Å². The molecular formula is C17H20N4O3S. The molecule has 0 radical (unpaired) electrons. The molecule has 2 aromatic rings. The first-order valence-electron chi connectivity index (χ1n) is 8.11. The molecule has 1 aliphatic rings. The highest BCUT2D eigenvalue weighted by molar-refractivity contribution is 7.15. The number of fused-ring (bicyclic) bond motifs is 1. The maximum atomic E-state index is 12.5. The molecule has 1 aliphatic heterocycles. The van der Waals surface area contributed by atoms with Crippen LogP contribution in [-0.2, 0) is 16.0 Å². The second-order valence-electron chi connectivity index (χ2n) is 6.29. The maximum Gasteiger partial charge on any atom is 0.269 e. The van der Waals surface area contributed by atoms with Crippen LogP contribution in [0.25, 0.3) is 0 Å². The number of aromatic nitrogens is 2. The van der Waals surface area contributed by atoms with Gasteiger partial charge < -0.3 is 9.64 Å². The zero-order valence-corrected chi connectivity index (χ0v) is 15.2. The predicted octanol–water partition coefficient (Wildman–Crippen LogP) is 2.49. The van der Waals surface area contributed by atoms with Crippen molar-refractivity contribution in [1.82, 2.24) is 10.2 Å². The molecule has 0 fully saturated rings. The molecule has 1 N–H and O–H groups in total. The lowest BCUT2D eigenvalue weighted by molar-refractivity contribution is -0.123. The molecule has 0 spiro atoms. The summed E-state index contributed by atoms with van der Waals surface area (Å²) < 4.78 is 5.77. The smallest absolute Gasteiger partial charge is 0.269 e. The van der Waals surface area contributed by atoms with Gasteiger partial charge in [-0.3, -0.25) is 14.9 Å². The summed E-state index contributed by atoms with van der Waals surface area (Å²) in [7, 11) is 0. The van der Waals surface area contributed by atoms with E-state index in [-0.39, 0.29) is 18.4 Å². The minimum absolute atomic E-state index is 0.135. The molecular weight excluding hydrogens is 340 g/mol. The van der Waals surface area contributed by atoms with Gasteiger partial charge in [0.05, 0.1) is 12.2 Å². The summed E-state index contributed by atoms with van der Waals surface area (Å²) in [6.45, 7) is 5.84. The van der Waals surface area contributed by atoms with E-state index in [0.717, 1.165) is 11.4 Å². The lowest BCUT2D eigenvalue weighted by Gasteiger charge is -2.33. The number of hydrogen-bond acceptors (Lipinski definition) is 6. The molecule has 1 aromatic carbocycles. The lowest BCUT2D eigenvalue weighted by atomic mass is 10.1. The van der Waals surface area contributed by atoms with E-state index in [9.17, 15) is 9.59 Å². The number of benzene rings is 1. The highest BCUT2D eigenvalue weighted by Crippen LogP contribution is 2.33. The predicted molar refractivity (Wildman–Crippen MR) is 96.0 cm³/mol. The van der Waals surface area contributed by atoms with Gasteiger partial charge in [0.1, 0.15) is 10.8 Å². The van der Waals surface area contributed by atoms with Crippen molar-refractivity contribution in [2.45, 2.75) is 33.3 Å². The van der Waals surface area contributed by atoms with E-state index in [1.165, 1.54) is 18.3 Å². The van der Waals surface area contributed by atoms with Crippen LogP contribution in [0.15, 0.2) is 24.3 Å². The van der Waals surface area contributed by atoms with Crippen molar-refractivity contribution < 1.29 is 14.3 Å². The van der Waals surface area contributed by atoms with Gasteiger partial charge in [0.15, 0.2) is 6.10 Å². The Balaban J connectivity index is 1.72. The van der Waals surface area contributed by atoms with Gasteiger partial charge in [-0.1, -0.05) is 37.3 Å². The topological polar surface area (TPSA) is 84.4 Å². The van der Waals surface area contributed by atoms with Crippen LogP contribution in [0.3, 0.4) is 0 Å². The average molecular weight is 360 g/mol. The number of nitrogens with zero attached hydrogens (tertiary/aromatic N) is 3. The van der Waals surface area contributed by atoms with Crippen LogP contribution in [0, 0.1) is 5.92 Å². The third-order valence-corrected chi connectivity index (χ3v) is 4.59. The Hall–Kier alpha value is -2.48. The number of amides is 2. The molecule has 1 atom stereocenters. The van der Waals surface area contributed by atoms with Crippen molar-refractivity contribution in [3.05, 3.63) is 29.3 Å². The van der Waals surface area contributed by atoms with Crippen LogP contribution in [-0.4, -0.2) is 34.7 Å². The highest BCUT2D eigenvalue weighted by Gasteiger charge is 2.32. The van der Waals surface area contributed by atoms with Gasteiger partial charge in [-0.25, -0.2) is 0 Å². The first-order valence-corrected chi connectivity index (χ1v) is 8.92. The Kier molecular flexibility index (Phi) is 4.98. The number of carbonyl (C=O) groups is 2. The summed E-state index contributed by atoms with van der Waals surface area (Å²) in [5.41, 5.74) is 0.675. The Bertz CT molecular complexity index is 790. The van der Waals surface area contributed by atoms with E-state index >= 15 is 0 Å². The fraction of sp³-hybridized carbons (Fsp3) is 0.412. The van der Waals surface area contributed by atoms with E-state index in [1.807, 2.05) is 6.07 Å². The maximum absolute atomic E-state index is 12.5. The van der Waals surface area contributed by atoms with Gasteiger partial charge in [0.25, 0.3) is 5.91 Å². The van der Waals surface area contributed by atoms with Crippen molar-refractivity contribution in [3.8, 4) is 5.75 Å². The van der Waals surface area contributed by atoms with E-state index in [0.29, 0.717) is 22.5 Å². The van der Waals surface area contributed by atoms with Gasteiger partial charge >= 0.3 is 0 Å². The zero-order chi connectivity index (χ0) is 18.0. The standard InChI is InChI=1S/C17H20N4O3S/c1-10(2)8-15-19-20-17(25-15)18-16(23)14-9-21(11(3)22)12-6-4-5-7-13(12)24-14/h4-7,10,14H,8-9H2,1-3H3,(H,18,20,23). The summed E-state index contributed by atoms with van der Waals surface area (Å²) >= 11 is 1.36. The Morgan fingerprint density at radius 2 is 2.12 bits per heavy atom. The van der Waals surface area contributed by atoms with Crippen LogP contribution >= 0.6 is 11.3 Å². The van der Waals surface area contributed by atoms with Crippen LogP contribution in [0.2, 0.25) is 0 Å². The van der Waals surface area contributed by atoms with E-state index in [2.05, 4.69) is 29.4 Å². The molecule has 0 saturated heterocycles. The Morgan fingerprint density at radius 3 is 2.84 bits per heavy atom. The third-order valence-electron chi connectivity index (χ3n) is 3.73. The van der Waals surface area contributed by atoms with Gasteiger partial charge in [-0.05, 0) is 18.1 Å². The average Bonchev–Trinajstić information content (AvgIpc) is 2.99. The van der Waals surface area contributed by atoms with Crippen molar-refractivity contribution in [1.29, 1.82) is 0 Å². The third kappa shape index (κ3) is 3.96. The number of rotatable bonds is 4. The van der Waals surface area contributed by atoms with Gasteiger partial charge in [-0.2, -0.15) is 0 Å². The van der Waals surface area contributed by atoms with Crippen molar-refractivity contribution in [2.24, 2.45) is 5.92 Å². The normalized spacial score (nSPS) is 16.3. The molecule has 0 saturated carbocycles. The molecule has 132 valence electrons. The largest absolute Gasteiger partial charge is 0.476 e. The van der Waals surface area contributed by atoms with Crippen molar-refractivity contribution >= 4 is 34.0 Å². The Morgan fingerprint density at radius 1 is 1.36 bits per heavy atom. The molecule has 0 aliphatic carbocycles. The van der Waals surface area contributed by atoms with Crippen molar-refractivity contribution in [3.63, 3.8) is 0 Å². The number of anilines is 2. The second kappa shape index (κ2) is 7.18. The summed E-state index contributed by atoms with van der Waals surface area (Å²) in [6, 6.07) is 7.18. The molecule has 1 aromatic heterocycles. The van der Waals surface area contributed by atoms with Gasteiger partial charge in [0, 0.05) is 13.3 Å². The van der Waals surface area contributed by atoms with E-state index < -0.39 is 6.10 Å². The molecule has 25 heavy (non-hydrogen) atoms. The quantitative estimate of drug-likeness (QED) is 0.905. The zero-order valence-electron chi connectivity index (χ0n) is 14.4. The molecule has 0 bridgehead atoms. The number of carbonyl (C=O) groups excluding carboxylic acids is 2. The van der Waals surface area contributed by atoms with Gasteiger partial charge in [-0.15, -0.1) is 10.2 Å². The van der Waals surface area contributed by atoms with E-state index in [4.69, 9.17) is 4.74 Å². The minimum Gasteiger partial charge on any atom is -0.476 e. The monoisotopic (exact) mass is 360 g/mol. The first kappa shape index (κ1) is 17.3. The molecule has 2 heterocycles. The minimum atomic E-state index is -0.795. The molecule has 1 unspecified atom stereocenters. The Labute approximate surface area is 150 Å². The highest BCUT2D eigenvalue weighted by atomic mass is 32.1. The second-order valence-corrected chi connectivity index (χ2v) is 7.35. The van der Waals surface area contributed by atoms with E-state index in [1.54, 1.807) is 23.1 Å².